The summed E-state index contributed by atoms with van der Waals surface area (Å²) in [6.45, 7) is 6.23. The Morgan fingerprint density at radius 1 is 1.44 bits per heavy atom. The molecule has 1 rings (SSSR count). The maximum atomic E-state index is 13.6. The van der Waals surface area contributed by atoms with Gasteiger partial charge in [-0.2, -0.15) is 0 Å². The molecular formula is C13H19ClFN. The molecule has 1 N–H and O–H groups in total. The van der Waals surface area contributed by atoms with Crippen molar-refractivity contribution in [2.45, 2.75) is 26.7 Å². The molecule has 90 valence electrons. The van der Waals surface area contributed by atoms with E-state index < -0.39 is 0 Å². The van der Waals surface area contributed by atoms with Crippen LogP contribution in [0.3, 0.4) is 0 Å². The van der Waals surface area contributed by atoms with Crippen LogP contribution in [0.2, 0.25) is 5.02 Å². The van der Waals surface area contributed by atoms with Gasteiger partial charge in [-0.05, 0) is 43.5 Å². The lowest BCUT2D eigenvalue weighted by Gasteiger charge is -2.12. The molecule has 0 aromatic heterocycles. The summed E-state index contributed by atoms with van der Waals surface area (Å²) >= 11 is 5.73. The van der Waals surface area contributed by atoms with E-state index in [0.717, 1.165) is 31.5 Å². The number of aryl methyl sites for hydroxylation is 1. The van der Waals surface area contributed by atoms with Crippen LogP contribution < -0.4 is 5.32 Å². The third-order valence-corrected chi connectivity index (χ3v) is 2.97. The second-order valence-corrected chi connectivity index (χ2v) is 4.57. The summed E-state index contributed by atoms with van der Waals surface area (Å²) in [6.07, 6.45) is 1.73. The van der Waals surface area contributed by atoms with Crippen LogP contribution in [0.4, 0.5) is 4.39 Å². The van der Waals surface area contributed by atoms with Gasteiger partial charge in [0.25, 0.3) is 0 Å². The second-order valence-electron chi connectivity index (χ2n) is 4.16. The van der Waals surface area contributed by atoms with Crippen LogP contribution in [0.5, 0.6) is 0 Å². The first-order chi connectivity index (χ1) is 7.65. The summed E-state index contributed by atoms with van der Waals surface area (Å²) in [5.41, 5.74) is 0.718. The zero-order valence-electron chi connectivity index (χ0n) is 9.89. The number of benzene rings is 1. The predicted molar refractivity (Wildman–Crippen MR) is 67.4 cm³/mol. The summed E-state index contributed by atoms with van der Waals surface area (Å²) in [5.74, 6) is 0.290. The first-order valence-electron chi connectivity index (χ1n) is 5.78. The standard InChI is InChI=1S/C13H19ClFN/c1-3-16-9-10(2)7-8-11-5-4-6-12(14)13(11)15/h4-6,10,16H,3,7-9H2,1-2H3. The Bertz CT molecular complexity index is 328. The highest BCUT2D eigenvalue weighted by atomic mass is 35.5. The molecule has 0 aliphatic rings. The van der Waals surface area contributed by atoms with E-state index in [4.69, 9.17) is 11.6 Å². The fourth-order valence-corrected chi connectivity index (χ4v) is 1.83. The summed E-state index contributed by atoms with van der Waals surface area (Å²) in [6, 6.07) is 5.19. The van der Waals surface area contributed by atoms with Crippen LogP contribution in [-0.4, -0.2) is 13.1 Å². The van der Waals surface area contributed by atoms with Gasteiger partial charge in [0, 0.05) is 0 Å². The van der Waals surface area contributed by atoms with Crippen molar-refractivity contribution in [3.05, 3.63) is 34.6 Å². The van der Waals surface area contributed by atoms with Gasteiger partial charge in [-0.3, -0.25) is 0 Å². The number of hydrogen-bond acceptors (Lipinski definition) is 1. The highest BCUT2D eigenvalue weighted by Gasteiger charge is 2.08. The Hall–Kier alpha value is -0.600. The fourth-order valence-electron chi connectivity index (χ4n) is 1.64. The number of nitrogens with one attached hydrogen (secondary N) is 1. The van der Waals surface area contributed by atoms with E-state index in [2.05, 4.69) is 19.2 Å². The normalized spacial score (nSPS) is 12.8. The van der Waals surface area contributed by atoms with Crippen LogP contribution in [0.15, 0.2) is 18.2 Å². The molecule has 0 saturated heterocycles. The van der Waals surface area contributed by atoms with Gasteiger partial charge < -0.3 is 5.32 Å². The zero-order chi connectivity index (χ0) is 12.0. The SMILES string of the molecule is CCNCC(C)CCc1cccc(Cl)c1F. The van der Waals surface area contributed by atoms with Crippen LogP contribution in [-0.2, 0) is 6.42 Å². The van der Waals surface area contributed by atoms with Gasteiger partial charge in [0.15, 0.2) is 0 Å². The molecule has 0 saturated carbocycles. The van der Waals surface area contributed by atoms with E-state index in [1.54, 1.807) is 18.2 Å². The third-order valence-electron chi connectivity index (χ3n) is 2.68. The van der Waals surface area contributed by atoms with Gasteiger partial charge in [0.2, 0.25) is 0 Å². The largest absolute Gasteiger partial charge is 0.317 e. The summed E-state index contributed by atoms with van der Waals surface area (Å²) < 4.78 is 13.6. The minimum absolute atomic E-state index is 0.219. The molecule has 0 aliphatic heterocycles. The van der Waals surface area contributed by atoms with Gasteiger partial charge in [0.05, 0.1) is 5.02 Å². The monoisotopic (exact) mass is 243 g/mol. The lowest BCUT2D eigenvalue weighted by molar-refractivity contribution is 0.483. The average molecular weight is 244 g/mol. The minimum atomic E-state index is -0.264. The molecule has 16 heavy (non-hydrogen) atoms. The zero-order valence-corrected chi connectivity index (χ0v) is 10.6. The average Bonchev–Trinajstić information content (AvgIpc) is 2.28. The molecule has 1 aromatic carbocycles. The molecule has 3 heteroatoms. The molecule has 0 spiro atoms. The van der Waals surface area contributed by atoms with Crippen LogP contribution in [0.25, 0.3) is 0 Å². The number of hydrogen-bond donors (Lipinski definition) is 1. The Morgan fingerprint density at radius 3 is 2.88 bits per heavy atom. The van der Waals surface area contributed by atoms with Crippen molar-refractivity contribution in [2.75, 3.05) is 13.1 Å². The summed E-state index contributed by atoms with van der Waals surface area (Å²) in [7, 11) is 0. The molecule has 1 aromatic rings. The molecule has 0 fully saturated rings. The lowest BCUT2D eigenvalue weighted by Crippen LogP contribution is -2.21. The van der Waals surface area contributed by atoms with Crippen LogP contribution in [0.1, 0.15) is 25.8 Å². The van der Waals surface area contributed by atoms with Crippen molar-refractivity contribution >= 4 is 11.6 Å². The molecule has 0 bridgehead atoms. The Labute approximate surface area is 102 Å². The van der Waals surface area contributed by atoms with E-state index in [1.807, 2.05) is 0 Å². The highest BCUT2D eigenvalue weighted by molar-refractivity contribution is 6.30. The highest BCUT2D eigenvalue weighted by Crippen LogP contribution is 2.20. The molecule has 1 nitrogen and oxygen atoms in total. The van der Waals surface area contributed by atoms with E-state index in [9.17, 15) is 4.39 Å². The number of rotatable bonds is 6. The van der Waals surface area contributed by atoms with Gasteiger partial charge in [-0.25, -0.2) is 4.39 Å². The van der Waals surface area contributed by atoms with Crippen molar-refractivity contribution in [1.29, 1.82) is 0 Å². The van der Waals surface area contributed by atoms with Crippen molar-refractivity contribution < 1.29 is 4.39 Å². The Kier molecular flexibility index (Phi) is 5.78. The first kappa shape index (κ1) is 13.5. The number of halogens is 2. The van der Waals surface area contributed by atoms with Gasteiger partial charge in [0.1, 0.15) is 5.82 Å². The fraction of sp³-hybridized carbons (Fsp3) is 0.538. The van der Waals surface area contributed by atoms with Crippen LogP contribution in [0, 0.1) is 11.7 Å². The Morgan fingerprint density at radius 2 is 2.19 bits per heavy atom. The molecular weight excluding hydrogens is 225 g/mol. The van der Waals surface area contributed by atoms with E-state index in [0.29, 0.717) is 5.92 Å². The molecule has 1 unspecified atom stereocenters. The molecule has 1 atom stereocenters. The van der Waals surface area contributed by atoms with E-state index in [1.165, 1.54) is 0 Å². The summed E-state index contributed by atoms with van der Waals surface area (Å²) in [4.78, 5) is 0. The summed E-state index contributed by atoms with van der Waals surface area (Å²) in [5, 5.41) is 3.51. The van der Waals surface area contributed by atoms with E-state index in [-0.39, 0.29) is 10.8 Å². The molecule has 0 radical (unpaired) electrons. The van der Waals surface area contributed by atoms with Crippen molar-refractivity contribution in [1.82, 2.24) is 5.32 Å². The van der Waals surface area contributed by atoms with Crippen molar-refractivity contribution in [2.24, 2.45) is 5.92 Å². The van der Waals surface area contributed by atoms with Crippen molar-refractivity contribution in [3.8, 4) is 0 Å². The third kappa shape index (κ3) is 4.11. The predicted octanol–water partition coefficient (Wildman–Crippen LogP) is 3.66. The minimum Gasteiger partial charge on any atom is -0.317 e. The quantitative estimate of drug-likeness (QED) is 0.804. The molecule has 0 amide bonds. The first-order valence-corrected chi connectivity index (χ1v) is 6.16. The van der Waals surface area contributed by atoms with Gasteiger partial charge in [-0.15, -0.1) is 0 Å². The maximum Gasteiger partial charge on any atom is 0.144 e. The van der Waals surface area contributed by atoms with Crippen molar-refractivity contribution in [3.63, 3.8) is 0 Å². The maximum absolute atomic E-state index is 13.6. The molecule has 0 aliphatic carbocycles. The Balaban J connectivity index is 2.45. The van der Waals surface area contributed by atoms with E-state index >= 15 is 0 Å². The smallest absolute Gasteiger partial charge is 0.144 e. The topological polar surface area (TPSA) is 12.0 Å². The van der Waals surface area contributed by atoms with Gasteiger partial charge in [-0.1, -0.05) is 37.6 Å². The van der Waals surface area contributed by atoms with Crippen LogP contribution >= 0.6 is 11.6 Å². The van der Waals surface area contributed by atoms with Gasteiger partial charge >= 0.3 is 0 Å². The molecule has 0 heterocycles. The lowest BCUT2D eigenvalue weighted by atomic mass is 10.0. The second kappa shape index (κ2) is 6.87.